The number of rotatable bonds is 4. The van der Waals surface area contributed by atoms with Gasteiger partial charge < -0.3 is 9.84 Å². The molecule has 0 aliphatic carbocycles. The average molecular weight is 357 g/mol. The molecule has 1 heterocycles. The van der Waals surface area contributed by atoms with Crippen molar-refractivity contribution in [3.05, 3.63) is 63.7 Å². The molecule has 4 nitrogen and oxygen atoms in total. The maximum atomic E-state index is 11.5. The zero-order valence-electron chi connectivity index (χ0n) is 13.1. The number of para-hydroxylation sites is 1. The standard InChI is InChI=1S/C18H15NO3S2/c1-11-16(12-7-9-13(22-2)10-8-12)24-18(23)19(11)15-6-4-3-5-14(15)17(20)21/h3-10H,1-2H3,(H,20,21). The summed E-state index contributed by atoms with van der Waals surface area (Å²) < 4.78 is 7.63. The molecule has 0 bridgehead atoms. The Kier molecular flexibility index (Phi) is 4.51. The zero-order chi connectivity index (χ0) is 17.3. The molecule has 1 N–H and O–H groups in total. The van der Waals surface area contributed by atoms with Crippen LogP contribution in [0.15, 0.2) is 48.5 Å². The van der Waals surface area contributed by atoms with Gasteiger partial charge in [-0.15, -0.1) is 11.3 Å². The summed E-state index contributed by atoms with van der Waals surface area (Å²) in [6.45, 7) is 1.95. The van der Waals surface area contributed by atoms with Gasteiger partial charge in [-0.3, -0.25) is 4.57 Å². The van der Waals surface area contributed by atoms with Crippen molar-refractivity contribution in [2.45, 2.75) is 6.92 Å². The molecule has 0 amide bonds. The summed E-state index contributed by atoms with van der Waals surface area (Å²) in [5.74, 6) is -0.181. The van der Waals surface area contributed by atoms with E-state index >= 15 is 0 Å². The molecule has 3 rings (SSSR count). The summed E-state index contributed by atoms with van der Waals surface area (Å²) in [5.41, 5.74) is 2.76. The van der Waals surface area contributed by atoms with Crippen LogP contribution in [0.1, 0.15) is 16.1 Å². The first kappa shape index (κ1) is 16.4. The highest BCUT2D eigenvalue weighted by molar-refractivity contribution is 7.73. The number of hydrogen-bond acceptors (Lipinski definition) is 4. The summed E-state index contributed by atoms with van der Waals surface area (Å²) in [7, 11) is 1.63. The molecule has 0 saturated carbocycles. The Hall–Kier alpha value is -2.44. The van der Waals surface area contributed by atoms with E-state index in [9.17, 15) is 9.90 Å². The van der Waals surface area contributed by atoms with Gasteiger partial charge in [0.25, 0.3) is 0 Å². The molecule has 0 spiro atoms. The third-order valence-corrected chi connectivity index (χ3v) is 5.29. The van der Waals surface area contributed by atoms with E-state index in [1.165, 1.54) is 11.3 Å². The lowest BCUT2D eigenvalue weighted by Gasteiger charge is -2.10. The highest BCUT2D eigenvalue weighted by atomic mass is 32.1. The van der Waals surface area contributed by atoms with Crippen LogP contribution in [0.2, 0.25) is 0 Å². The van der Waals surface area contributed by atoms with Crippen LogP contribution < -0.4 is 4.74 Å². The molecular formula is C18H15NO3S2. The zero-order valence-corrected chi connectivity index (χ0v) is 14.8. The lowest BCUT2D eigenvalue weighted by molar-refractivity contribution is 0.0697. The van der Waals surface area contributed by atoms with Crippen LogP contribution in [0, 0.1) is 10.9 Å². The predicted molar refractivity (Wildman–Crippen MR) is 98.2 cm³/mol. The van der Waals surface area contributed by atoms with Crippen LogP contribution in [-0.2, 0) is 0 Å². The third-order valence-electron chi connectivity index (χ3n) is 3.76. The van der Waals surface area contributed by atoms with Gasteiger partial charge in [0.2, 0.25) is 0 Å². The molecule has 122 valence electrons. The number of ether oxygens (including phenoxy) is 1. The fourth-order valence-electron chi connectivity index (χ4n) is 2.58. The first-order chi connectivity index (χ1) is 11.5. The number of aromatic nitrogens is 1. The van der Waals surface area contributed by atoms with E-state index in [-0.39, 0.29) is 5.56 Å². The number of benzene rings is 2. The third kappa shape index (κ3) is 2.86. The Balaban J connectivity index is 2.17. The van der Waals surface area contributed by atoms with E-state index in [1.807, 2.05) is 41.8 Å². The van der Waals surface area contributed by atoms with E-state index in [0.717, 1.165) is 21.9 Å². The van der Waals surface area contributed by atoms with Gasteiger partial charge in [0.15, 0.2) is 3.95 Å². The molecule has 6 heteroatoms. The van der Waals surface area contributed by atoms with Crippen molar-refractivity contribution < 1.29 is 14.6 Å². The van der Waals surface area contributed by atoms with Crippen molar-refractivity contribution in [1.29, 1.82) is 0 Å². The number of methoxy groups -OCH3 is 1. The molecule has 0 saturated heterocycles. The fourth-order valence-corrected chi connectivity index (χ4v) is 4.06. The Labute approximate surface area is 148 Å². The highest BCUT2D eigenvalue weighted by Gasteiger charge is 2.17. The second-order valence-corrected chi connectivity index (χ2v) is 6.81. The van der Waals surface area contributed by atoms with Gasteiger partial charge in [-0.25, -0.2) is 4.79 Å². The molecule has 0 unspecified atom stereocenters. The van der Waals surface area contributed by atoms with Crippen LogP contribution in [0.3, 0.4) is 0 Å². The first-order valence-corrected chi connectivity index (χ1v) is 8.45. The molecule has 0 aliphatic heterocycles. The van der Waals surface area contributed by atoms with E-state index in [0.29, 0.717) is 9.64 Å². The van der Waals surface area contributed by atoms with Crippen molar-refractivity contribution >= 4 is 29.5 Å². The maximum absolute atomic E-state index is 11.5. The van der Waals surface area contributed by atoms with Gasteiger partial charge in [-0.1, -0.05) is 12.1 Å². The van der Waals surface area contributed by atoms with Crippen molar-refractivity contribution in [3.63, 3.8) is 0 Å². The van der Waals surface area contributed by atoms with Gasteiger partial charge in [0.1, 0.15) is 5.75 Å². The van der Waals surface area contributed by atoms with Crippen LogP contribution in [-0.4, -0.2) is 22.8 Å². The van der Waals surface area contributed by atoms with E-state index < -0.39 is 5.97 Å². The molecule has 0 atom stereocenters. The Bertz CT molecular complexity index is 955. The number of carboxylic acid groups (broad SMARTS) is 1. The van der Waals surface area contributed by atoms with Crippen molar-refractivity contribution in [2.75, 3.05) is 7.11 Å². The lowest BCUT2D eigenvalue weighted by atomic mass is 10.1. The second kappa shape index (κ2) is 6.59. The summed E-state index contributed by atoms with van der Waals surface area (Å²) in [6.07, 6.45) is 0. The van der Waals surface area contributed by atoms with E-state index in [4.69, 9.17) is 17.0 Å². The summed E-state index contributed by atoms with van der Waals surface area (Å²) in [5, 5.41) is 9.43. The first-order valence-electron chi connectivity index (χ1n) is 7.22. The molecule has 0 aliphatic rings. The minimum Gasteiger partial charge on any atom is -0.497 e. The van der Waals surface area contributed by atoms with Crippen molar-refractivity contribution in [3.8, 4) is 21.9 Å². The molecule has 2 aromatic carbocycles. The number of carboxylic acids is 1. The van der Waals surface area contributed by atoms with Gasteiger partial charge >= 0.3 is 5.97 Å². The minimum absolute atomic E-state index is 0.232. The van der Waals surface area contributed by atoms with Crippen LogP contribution in [0.25, 0.3) is 16.1 Å². The maximum Gasteiger partial charge on any atom is 0.337 e. The summed E-state index contributed by atoms with van der Waals surface area (Å²) in [6, 6.07) is 14.6. The molecular weight excluding hydrogens is 342 g/mol. The van der Waals surface area contributed by atoms with Gasteiger partial charge in [0.05, 0.1) is 23.2 Å². The number of hydrogen-bond donors (Lipinski definition) is 1. The van der Waals surface area contributed by atoms with Crippen molar-refractivity contribution in [1.82, 2.24) is 4.57 Å². The van der Waals surface area contributed by atoms with E-state index in [1.54, 1.807) is 25.3 Å². The smallest absolute Gasteiger partial charge is 0.337 e. The predicted octanol–water partition coefficient (Wildman–Crippen LogP) is 4.95. The SMILES string of the molecule is COc1ccc(-c2sc(=S)n(-c3ccccc3C(=O)O)c2C)cc1. The van der Waals surface area contributed by atoms with Gasteiger partial charge in [0, 0.05) is 5.69 Å². The normalized spacial score (nSPS) is 10.6. The largest absolute Gasteiger partial charge is 0.497 e. The Morgan fingerprint density at radius 2 is 1.83 bits per heavy atom. The molecule has 3 aromatic rings. The topological polar surface area (TPSA) is 51.5 Å². The number of carbonyl (C=O) groups is 1. The molecule has 0 radical (unpaired) electrons. The quantitative estimate of drug-likeness (QED) is 0.671. The second-order valence-electron chi connectivity index (χ2n) is 5.17. The van der Waals surface area contributed by atoms with Crippen molar-refractivity contribution in [2.24, 2.45) is 0 Å². The van der Waals surface area contributed by atoms with E-state index in [2.05, 4.69) is 0 Å². The Morgan fingerprint density at radius 1 is 1.17 bits per heavy atom. The average Bonchev–Trinajstić information content (AvgIpc) is 2.89. The number of aromatic carboxylic acids is 1. The van der Waals surface area contributed by atoms with Crippen LogP contribution in [0.5, 0.6) is 5.75 Å². The summed E-state index contributed by atoms with van der Waals surface area (Å²) >= 11 is 6.97. The van der Waals surface area contributed by atoms with Crippen LogP contribution >= 0.6 is 23.6 Å². The highest BCUT2D eigenvalue weighted by Crippen LogP contribution is 2.34. The molecule has 0 fully saturated rings. The minimum atomic E-state index is -0.968. The number of nitrogens with zero attached hydrogens (tertiary/aromatic N) is 1. The van der Waals surface area contributed by atoms with Gasteiger partial charge in [-0.05, 0) is 61.1 Å². The summed E-state index contributed by atoms with van der Waals surface area (Å²) in [4.78, 5) is 12.5. The van der Waals surface area contributed by atoms with Crippen LogP contribution in [0.4, 0.5) is 0 Å². The molecule has 1 aromatic heterocycles. The number of thiazole rings is 1. The molecule has 24 heavy (non-hydrogen) atoms. The Morgan fingerprint density at radius 3 is 2.46 bits per heavy atom. The monoisotopic (exact) mass is 357 g/mol. The fraction of sp³-hybridized carbons (Fsp3) is 0.111. The lowest BCUT2D eigenvalue weighted by Crippen LogP contribution is -2.06. The van der Waals surface area contributed by atoms with Gasteiger partial charge in [-0.2, -0.15) is 0 Å².